The highest BCUT2D eigenvalue weighted by Gasteiger charge is 2.52. The Morgan fingerprint density at radius 3 is 2.17 bits per heavy atom. The quantitative estimate of drug-likeness (QED) is 0.563. The molecule has 1 saturated heterocycles. The van der Waals surface area contributed by atoms with Crippen LogP contribution in [0.3, 0.4) is 0 Å². The van der Waals surface area contributed by atoms with Gasteiger partial charge in [0.25, 0.3) is 0 Å². The molecule has 2 N–H and O–H groups in total. The number of carbonyl (C=O) groups excluding carboxylic acids is 2. The predicted octanol–water partition coefficient (Wildman–Crippen LogP) is 3.81. The molecule has 2 atom stereocenters. The summed E-state index contributed by atoms with van der Waals surface area (Å²) in [5.41, 5.74) is 9.40. The SMILES string of the molecule is C=C(C)C1=C(C(=O)OC(c2ccccc2)c2ccccc2)N2C(=O)C(N)[C@@H]2SC1.Cl. The average molecular weight is 443 g/mol. The molecule has 2 heterocycles. The first kappa shape index (κ1) is 22.2. The number of benzene rings is 2. The Hall–Kier alpha value is -2.54. The molecule has 2 aliphatic rings. The van der Waals surface area contributed by atoms with Gasteiger partial charge in [-0.15, -0.1) is 24.2 Å². The van der Waals surface area contributed by atoms with Crippen molar-refractivity contribution in [3.05, 3.63) is 95.2 Å². The first-order chi connectivity index (χ1) is 14.0. The van der Waals surface area contributed by atoms with Crippen molar-refractivity contribution in [2.24, 2.45) is 5.73 Å². The number of ether oxygens (including phenoxy) is 1. The molecule has 0 bridgehead atoms. The number of esters is 1. The molecule has 7 heteroatoms. The molecule has 1 fully saturated rings. The van der Waals surface area contributed by atoms with Gasteiger partial charge in [-0.25, -0.2) is 4.79 Å². The standard InChI is InChI=1S/C23H22N2O3S.ClH/c1-14(2)17-13-29-22-18(24)21(26)25(22)19(17)23(27)28-20(15-9-5-3-6-10-15)16-11-7-4-8-12-16;/h3-12,18,20,22H,1,13,24H2,2H3;1H/t18?,22-;/m0./s1. The van der Waals surface area contributed by atoms with Crippen LogP contribution >= 0.6 is 24.2 Å². The molecule has 0 aromatic heterocycles. The normalized spacial score (nSPS) is 20.2. The van der Waals surface area contributed by atoms with Gasteiger partial charge in [0.2, 0.25) is 5.91 Å². The van der Waals surface area contributed by atoms with Gasteiger partial charge in [0.1, 0.15) is 17.1 Å². The summed E-state index contributed by atoms with van der Waals surface area (Å²) < 4.78 is 6.00. The monoisotopic (exact) mass is 442 g/mol. The van der Waals surface area contributed by atoms with Gasteiger partial charge < -0.3 is 10.5 Å². The zero-order chi connectivity index (χ0) is 20.5. The van der Waals surface area contributed by atoms with Crippen LogP contribution in [-0.2, 0) is 14.3 Å². The lowest BCUT2D eigenvalue weighted by atomic mass is 9.99. The largest absolute Gasteiger partial charge is 0.448 e. The Bertz CT molecular complexity index is 955. The van der Waals surface area contributed by atoms with Crippen molar-refractivity contribution in [3.8, 4) is 0 Å². The average Bonchev–Trinajstić information content (AvgIpc) is 2.76. The Balaban J connectivity index is 0.00000256. The zero-order valence-electron chi connectivity index (χ0n) is 16.5. The third-order valence-electron chi connectivity index (χ3n) is 5.15. The minimum atomic E-state index is -0.589. The number of amides is 1. The molecule has 0 radical (unpaired) electrons. The molecule has 5 nitrogen and oxygen atoms in total. The number of carbonyl (C=O) groups is 2. The molecule has 2 aromatic rings. The number of β-lactam (4-membered cyclic amide) rings is 1. The van der Waals surface area contributed by atoms with Crippen LogP contribution in [0.15, 0.2) is 84.1 Å². The molecule has 1 amide bonds. The smallest absolute Gasteiger partial charge is 0.356 e. The summed E-state index contributed by atoms with van der Waals surface area (Å²) in [5.74, 6) is -0.224. The second-order valence-corrected chi connectivity index (χ2v) is 8.25. The highest BCUT2D eigenvalue weighted by Crippen LogP contribution is 2.42. The number of thioether (sulfide) groups is 1. The van der Waals surface area contributed by atoms with E-state index in [9.17, 15) is 9.59 Å². The lowest BCUT2D eigenvalue weighted by Crippen LogP contribution is -2.68. The minimum Gasteiger partial charge on any atom is -0.448 e. The maximum absolute atomic E-state index is 13.3. The molecule has 1 unspecified atom stereocenters. The molecule has 156 valence electrons. The molecule has 4 rings (SSSR count). The molecular weight excluding hydrogens is 420 g/mol. The number of halogens is 1. The summed E-state index contributed by atoms with van der Waals surface area (Å²) in [6.07, 6.45) is -0.582. The van der Waals surface area contributed by atoms with Gasteiger partial charge >= 0.3 is 5.97 Å². The van der Waals surface area contributed by atoms with Gasteiger partial charge in [-0.05, 0) is 23.6 Å². The fourth-order valence-corrected chi connectivity index (χ4v) is 4.98. The van der Waals surface area contributed by atoms with E-state index in [0.717, 1.165) is 22.3 Å². The van der Waals surface area contributed by atoms with Crippen molar-refractivity contribution >= 4 is 36.0 Å². The van der Waals surface area contributed by atoms with Crippen LogP contribution in [0.25, 0.3) is 0 Å². The molecular formula is C23H23ClN2O3S. The molecule has 0 saturated carbocycles. The van der Waals surface area contributed by atoms with Gasteiger partial charge in [-0.2, -0.15) is 0 Å². The van der Waals surface area contributed by atoms with Gasteiger partial charge in [-0.1, -0.05) is 72.8 Å². The van der Waals surface area contributed by atoms with Crippen molar-refractivity contribution in [2.45, 2.75) is 24.4 Å². The predicted molar refractivity (Wildman–Crippen MR) is 121 cm³/mol. The van der Waals surface area contributed by atoms with E-state index in [1.54, 1.807) is 11.8 Å². The van der Waals surface area contributed by atoms with Crippen LogP contribution in [0, 0.1) is 0 Å². The first-order valence-electron chi connectivity index (χ1n) is 9.39. The Kier molecular flexibility index (Phi) is 6.71. The van der Waals surface area contributed by atoms with E-state index >= 15 is 0 Å². The summed E-state index contributed by atoms with van der Waals surface area (Å²) in [7, 11) is 0. The van der Waals surface area contributed by atoms with Crippen LogP contribution in [0.5, 0.6) is 0 Å². The van der Waals surface area contributed by atoms with Gasteiger partial charge in [-0.3, -0.25) is 9.69 Å². The van der Waals surface area contributed by atoms with E-state index in [1.807, 2.05) is 67.6 Å². The maximum Gasteiger partial charge on any atom is 0.356 e. The van der Waals surface area contributed by atoms with Gasteiger partial charge in [0.05, 0.1) is 0 Å². The van der Waals surface area contributed by atoms with Crippen molar-refractivity contribution in [1.29, 1.82) is 0 Å². The van der Waals surface area contributed by atoms with Gasteiger partial charge in [0.15, 0.2) is 6.10 Å². The Morgan fingerprint density at radius 1 is 1.13 bits per heavy atom. The topological polar surface area (TPSA) is 72.6 Å². The summed E-state index contributed by atoms with van der Waals surface area (Å²) in [4.78, 5) is 27.2. The third kappa shape index (κ3) is 3.90. The third-order valence-corrected chi connectivity index (χ3v) is 6.45. The number of hydrogen-bond donors (Lipinski definition) is 1. The Morgan fingerprint density at radius 2 is 1.67 bits per heavy atom. The van der Waals surface area contributed by atoms with Crippen molar-refractivity contribution in [3.63, 3.8) is 0 Å². The number of hydrogen-bond acceptors (Lipinski definition) is 5. The lowest BCUT2D eigenvalue weighted by molar-refractivity contribution is -0.153. The molecule has 0 spiro atoms. The number of fused-ring (bicyclic) bond motifs is 1. The summed E-state index contributed by atoms with van der Waals surface area (Å²) in [6, 6.07) is 18.5. The minimum absolute atomic E-state index is 0. The molecule has 2 aliphatic heterocycles. The van der Waals surface area contributed by atoms with Crippen LogP contribution < -0.4 is 5.73 Å². The summed E-state index contributed by atoms with van der Waals surface area (Å²) in [6.45, 7) is 5.82. The van der Waals surface area contributed by atoms with Crippen molar-refractivity contribution in [2.75, 3.05) is 5.75 Å². The zero-order valence-corrected chi connectivity index (χ0v) is 18.1. The first-order valence-corrected chi connectivity index (χ1v) is 10.4. The number of allylic oxidation sites excluding steroid dienone is 1. The number of rotatable bonds is 5. The molecule has 0 aliphatic carbocycles. The summed E-state index contributed by atoms with van der Waals surface area (Å²) >= 11 is 1.55. The van der Waals surface area contributed by atoms with Crippen molar-refractivity contribution in [1.82, 2.24) is 4.90 Å². The molecule has 2 aromatic carbocycles. The van der Waals surface area contributed by atoms with Crippen LogP contribution in [0.4, 0.5) is 0 Å². The van der Waals surface area contributed by atoms with E-state index in [2.05, 4.69) is 6.58 Å². The summed E-state index contributed by atoms with van der Waals surface area (Å²) in [5, 5.41) is -0.236. The fraction of sp³-hybridized carbons (Fsp3) is 0.217. The van der Waals surface area contributed by atoms with Crippen LogP contribution in [0.1, 0.15) is 24.2 Å². The number of nitrogens with zero attached hydrogens (tertiary/aromatic N) is 1. The highest BCUT2D eigenvalue weighted by molar-refractivity contribution is 8.00. The molecule has 30 heavy (non-hydrogen) atoms. The van der Waals surface area contributed by atoms with Gasteiger partial charge in [0, 0.05) is 5.75 Å². The van der Waals surface area contributed by atoms with Crippen LogP contribution in [-0.4, -0.2) is 33.9 Å². The lowest BCUT2D eigenvalue weighted by Gasteiger charge is -2.48. The Labute approximate surface area is 186 Å². The second-order valence-electron chi connectivity index (χ2n) is 7.15. The van der Waals surface area contributed by atoms with E-state index in [0.29, 0.717) is 5.75 Å². The maximum atomic E-state index is 13.3. The van der Waals surface area contributed by atoms with E-state index in [-0.39, 0.29) is 29.4 Å². The highest BCUT2D eigenvalue weighted by atomic mass is 35.5. The fourth-order valence-electron chi connectivity index (χ4n) is 3.58. The van der Waals surface area contributed by atoms with Crippen molar-refractivity contribution < 1.29 is 14.3 Å². The van der Waals surface area contributed by atoms with E-state index in [1.165, 1.54) is 4.90 Å². The van der Waals surface area contributed by atoms with E-state index in [4.69, 9.17) is 10.5 Å². The van der Waals surface area contributed by atoms with Crippen LogP contribution in [0.2, 0.25) is 0 Å². The number of nitrogens with two attached hydrogens (primary N) is 1. The van der Waals surface area contributed by atoms with E-state index < -0.39 is 18.1 Å². The second kappa shape index (κ2) is 9.08.